The molecular formula is C14H19NO3. The number of amides is 1. The lowest BCUT2D eigenvalue weighted by Crippen LogP contribution is -2.40. The molecule has 4 nitrogen and oxygen atoms in total. The van der Waals surface area contributed by atoms with Crippen LogP contribution in [0.5, 0.6) is 0 Å². The van der Waals surface area contributed by atoms with E-state index in [-0.39, 0.29) is 5.91 Å². The molecule has 0 heterocycles. The number of nitrogens with one attached hydrogen (secondary N) is 1. The number of benzene rings is 1. The zero-order valence-electron chi connectivity index (χ0n) is 10.8. The second-order valence-electron chi connectivity index (χ2n) is 4.35. The Hall–Kier alpha value is -1.84. The molecule has 1 aromatic carbocycles. The third-order valence-electron chi connectivity index (χ3n) is 2.80. The van der Waals surface area contributed by atoms with Crippen LogP contribution >= 0.6 is 0 Å². The first-order valence-corrected chi connectivity index (χ1v) is 6.10. The van der Waals surface area contributed by atoms with E-state index in [0.717, 1.165) is 5.56 Å². The van der Waals surface area contributed by atoms with Gasteiger partial charge in [0.2, 0.25) is 5.91 Å². The fourth-order valence-electron chi connectivity index (χ4n) is 1.62. The van der Waals surface area contributed by atoms with Crippen LogP contribution in [0, 0.1) is 6.92 Å². The second kappa shape index (κ2) is 6.79. The van der Waals surface area contributed by atoms with Crippen molar-refractivity contribution < 1.29 is 14.7 Å². The molecule has 1 aromatic rings. The van der Waals surface area contributed by atoms with Gasteiger partial charge in [-0.05, 0) is 25.3 Å². The first-order valence-electron chi connectivity index (χ1n) is 6.10. The smallest absolute Gasteiger partial charge is 0.326 e. The topological polar surface area (TPSA) is 66.4 Å². The first-order chi connectivity index (χ1) is 8.52. The monoisotopic (exact) mass is 249 g/mol. The highest BCUT2D eigenvalue weighted by atomic mass is 16.4. The predicted octanol–water partition coefficient (Wildman–Crippen LogP) is 1.91. The number of hydrogen-bond donors (Lipinski definition) is 2. The van der Waals surface area contributed by atoms with Crippen LogP contribution in [0.1, 0.15) is 30.9 Å². The Kier molecular flexibility index (Phi) is 5.36. The fraction of sp³-hybridized carbons (Fsp3) is 0.429. The van der Waals surface area contributed by atoms with Crippen LogP contribution in [0.2, 0.25) is 0 Å². The molecule has 0 aliphatic rings. The van der Waals surface area contributed by atoms with Crippen LogP contribution in [0.4, 0.5) is 0 Å². The largest absolute Gasteiger partial charge is 0.480 e. The first kappa shape index (κ1) is 14.2. The zero-order valence-corrected chi connectivity index (χ0v) is 10.8. The Labute approximate surface area is 107 Å². The van der Waals surface area contributed by atoms with Gasteiger partial charge in [0.15, 0.2) is 0 Å². The highest BCUT2D eigenvalue weighted by molar-refractivity contribution is 5.83. The molecule has 0 saturated heterocycles. The van der Waals surface area contributed by atoms with Crippen LogP contribution in [-0.4, -0.2) is 23.0 Å². The number of carbonyl (C=O) groups is 2. The molecule has 0 saturated carbocycles. The normalized spacial score (nSPS) is 11.9. The molecule has 0 radical (unpaired) electrons. The van der Waals surface area contributed by atoms with E-state index in [4.69, 9.17) is 5.11 Å². The Morgan fingerprint density at radius 1 is 1.28 bits per heavy atom. The molecule has 0 aromatic heterocycles. The molecule has 2 N–H and O–H groups in total. The summed E-state index contributed by atoms with van der Waals surface area (Å²) in [7, 11) is 0. The number of hydrogen-bond acceptors (Lipinski definition) is 2. The van der Waals surface area contributed by atoms with Gasteiger partial charge in [0.25, 0.3) is 0 Å². The Morgan fingerprint density at radius 2 is 1.89 bits per heavy atom. The van der Waals surface area contributed by atoms with E-state index < -0.39 is 12.0 Å². The summed E-state index contributed by atoms with van der Waals surface area (Å²) in [6.07, 6.45) is 1.33. The van der Waals surface area contributed by atoms with Crippen molar-refractivity contribution in [1.29, 1.82) is 0 Å². The van der Waals surface area contributed by atoms with E-state index in [1.165, 1.54) is 5.56 Å². The second-order valence-corrected chi connectivity index (χ2v) is 4.35. The van der Waals surface area contributed by atoms with Crippen molar-refractivity contribution in [1.82, 2.24) is 5.32 Å². The molecule has 0 bridgehead atoms. The highest BCUT2D eigenvalue weighted by Crippen LogP contribution is 2.06. The minimum atomic E-state index is -0.985. The minimum absolute atomic E-state index is 0.218. The molecule has 1 unspecified atom stereocenters. The van der Waals surface area contributed by atoms with Crippen LogP contribution in [-0.2, 0) is 16.0 Å². The van der Waals surface area contributed by atoms with E-state index in [1.54, 1.807) is 6.92 Å². The molecule has 1 rings (SSSR count). The van der Waals surface area contributed by atoms with Gasteiger partial charge in [-0.25, -0.2) is 4.79 Å². The summed E-state index contributed by atoms with van der Waals surface area (Å²) in [6.45, 7) is 3.74. The molecule has 1 atom stereocenters. The van der Waals surface area contributed by atoms with Crippen molar-refractivity contribution in [3.05, 3.63) is 35.4 Å². The van der Waals surface area contributed by atoms with Crippen molar-refractivity contribution in [3.63, 3.8) is 0 Å². The summed E-state index contributed by atoms with van der Waals surface area (Å²) in [5.41, 5.74) is 2.26. The Balaban J connectivity index is 2.41. The average molecular weight is 249 g/mol. The maximum atomic E-state index is 11.6. The van der Waals surface area contributed by atoms with Gasteiger partial charge in [0, 0.05) is 6.42 Å². The molecule has 0 aliphatic carbocycles. The molecule has 0 aliphatic heterocycles. The van der Waals surface area contributed by atoms with Crippen molar-refractivity contribution in [2.75, 3.05) is 0 Å². The van der Waals surface area contributed by atoms with Crippen molar-refractivity contribution >= 4 is 11.9 Å². The summed E-state index contributed by atoms with van der Waals surface area (Å²) in [6, 6.07) is 7.18. The summed E-state index contributed by atoms with van der Waals surface area (Å²) < 4.78 is 0. The molecule has 98 valence electrons. The van der Waals surface area contributed by atoms with Crippen LogP contribution in [0.25, 0.3) is 0 Å². The van der Waals surface area contributed by atoms with Gasteiger partial charge in [-0.3, -0.25) is 4.79 Å². The van der Waals surface area contributed by atoms with Crippen LogP contribution in [0.3, 0.4) is 0 Å². The van der Waals surface area contributed by atoms with Crippen LogP contribution < -0.4 is 5.32 Å². The number of aryl methyl sites for hydroxylation is 2. The van der Waals surface area contributed by atoms with Gasteiger partial charge < -0.3 is 10.4 Å². The SMILES string of the molecule is CCC(NC(=O)CCc1ccc(C)cc1)C(=O)O. The summed E-state index contributed by atoms with van der Waals surface area (Å²) in [5.74, 6) is -1.20. The third kappa shape index (κ3) is 4.57. The maximum Gasteiger partial charge on any atom is 0.326 e. The van der Waals surface area contributed by atoms with Gasteiger partial charge in [-0.15, -0.1) is 0 Å². The molecular weight excluding hydrogens is 230 g/mol. The molecule has 0 fully saturated rings. The lowest BCUT2D eigenvalue weighted by atomic mass is 10.1. The van der Waals surface area contributed by atoms with Crippen molar-refractivity contribution in [2.45, 2.75) is 39.2 Å². The Bertz CT molecular complexity index is 412. The summed E-state index contributed by atoms with van der Waals surface area (Å²) in [4.78, 5) is 22.3. The molecule has 1 amide bonds. The molecule has 18 heavy (non-hydrogen) atoms. The lowest BCUT2D eigenvalue weighted by molar-refractivity contribution is -0.141. The van der Waals surface area contributed by atoms with Crippen molar-refractivity contribution in [3.8, 4) is 0 Å². The molecule has 0 spiro atoms. The zero-order chi connectivity index (χ0) is 13.5. The third-order valence-corrected chi connectivity index (χ3v) is 2.80. The van der Waals surface area contributed by atoms with Gasteiger partial charge in [-0.1, -0.05) is 36.8 Å². The quantitative estimate of drug-likeness (QED) is 0.809. The van der Waals surface area contributed by atoms with Crippen molar-refractivity contribution in [2.24, 2.45) is 0 Å². The lowest BCUT2D eigenvalue weighted by Gasteiger charge is -2.12. The fourth-order valence-corrected chi connectivity index (χ4v) is 1.62. The number of aliphatic carboxylic acids is 1. The number of carbonyl (C=O) groups excluding carboxylic acids is 1. The van der Waals surface area contributed by atoms with E-state index >= 15 is 0 Å². The van der Waals surface area contributed by atoms with Gasteiger partial charge in [-0.2, -0.15) is 0 Å². The predicted molar refractivity (Wildman–Crippen MR) is 69.4 cm³/mol. The summed E-state index contributed by atoms with van der Waals surface area (Å²) >= 11 is 0. The number of carboxylic acid groups (broad SMARTS) is 1. The van der Waals surface area contributed by atoms with E-state index in [2.05, 4.69) is 5.32 Å². The van der Waals surface area contributed by atoms with E-state index in [9.17, 15) is 9.59 Å². The van der Waals surface area contributed by atoms with Gasteiger partial charge in [0.1, 0.15) is 6.04 Å². The number of carboxylic acids is 1. The minimum Gasteiger partial charge on any atom is -0.480 e. The number of rotatable bonds is 6. The van der Waals surface area contributed by atoms with Gasteiger partial charge in [0.05, 0.1) is 0 Å². The van der Waals surface area contributed by atoms with E-state index in [1.807, 2.05) is 31.2 Å². The van der Waals surface area contributed by atoms with E-state index in [0.29, 0.717) is 19.3 Å². The van der Waals surface area contributed by atoms with Gasteiger partial charge >= 0.3 is 5.97 Å². The standard InChI is InChI=1S/C14H19NO3/c1-3-12(14(17)18)15-13(16)9-8-11-6-4-10(2)5-7-11/h4-7,12H,3,8-9H2,1-2H3,(H,15,16)(H,17,18). The van der Waals surface area contributed by atoms with Crippen LogP contribution in [0.15, 0.2) is 24.3 Å². The average Bonchev–Trinajstić information content (AvgIpc) is 2.35. The highest BCUT2D eigenvalue weighted by Gasteiger charge is 2.16. The maximum absolute atomic E-state index is 11.6. The Morgan fingerprint density at radius 3 is 2.39 bits per heavy atom. The molecule has 4 heteroatoms. The summed E-state index contributed by atoms with van der Waals surface area (Å²) in [5, 5.41) is 11.3.